The molecule has 0 radical (unpaired) electrons. The lowest BCUT2D eigenvalue weighted by Gasteiger charge is -2.19. The molecular formula is C22H19ClFN2O4P. The van der Waals surface area contributed by atoms with Crippen LogP contribution in [0.3, 0.4) is 0 Å². The van der Waals surface area contributed by atoms with Gasteiger partial charge in [-0.1, -0.05) is 17.7 Å². The average molecular weight is 461 g/mol. The third-order valence-corrected chi connectivity index (χ3v) is 7.41. The van der Waals surface area contributed by atoms with Gasteiger partial charge in [0.25, 0.3) is 7.37 Å². The first-order valence-corrected chi connectivity index (χ1v) is 11.3. The summed E-state index contributed by atoms with van der Waals surface area (Å²) in [6, 6.07) is 9.72. The van der Waals surface area contributed by atoms with E-state index >= 15 is 4.39 Å². The van der Waals surface area contributed by atoms with E-state index < -0.39 is 19.2 Å². The maximum absolute atomic E-state index is 15.1. The third-order valence-electron chi connectivity index (χ3n) is 4.63. The highest BCUT2D eigenvalue weighted by Gasteiger charge is 2.38. The number of aromatic nitrogens is 1. The highest BCUT2D eigenvalue weighted by atomic mass is 35.5. The molecule has 0 aliphatic heterocycles. The van der Waals surface area contributed by atoms with E-state index in [0.29, 0.717) is 5.56 Å². The number of benzene rings is 2. The van der Waals surface area contributed by atoms with Gasteiger partial charge in [-0.15, -0.1) is 0 Å². The zero-order valence-electron chi connectivity index (χ0n) is 17.0. The number of allylic oxidation sites excluding steroid dienone is 1. The lowest BCUT2D eigenvalue weighted by molar-refractivity contribution is 0.0522. The molecule has 2 aromatic carbocycles. The molecule has 0 saturated carbocycles. The first-order chi connectivity index (χ1) is 14.8. The fourth-order valence-electron chi connectivity index (χ4n) is 3.37. The molecule has 0 spiro atoms. The number of hydrogen-bond acceptors (Lipinski definition) is 5. The summed E-state index contributed by atoms with van der Waals surface area (Å²) >= 11 is 5.98. The highest BCUT2D eigenvalue weighted by Crippen LogP contribution is 2.48. The molecule has 1 unspecified atom stereocenters. The Hall–Kier alpha value is -2.91. The second-order valence-corrected chi connectivity index (χ2v) is 9.49. The molecule has 1 atom stereocenters. The minimum Gasteiger partial charge on any atom is -0.461 e. The Labute approximate surface area is 183 Å². The van der Waals surface area contributed by atoms with E-state index in [1.165, 1.54) is 25.3 Å². The van der Waals surface area contributed by atoms with Gasteiger partial charge in [-0.2, -0.15) is 5.26 Å². The monoisotopic (exact) mass is 460 g/mol. The summed E-state index contributed by atoms with van der Waals surface area (Å²) in [6.45, 7) is 3.48. The van der Waals surface area contributed by atoms with Crippen LogP contribution in [0.25, 0.3) is 17.0 Å². The Morgan fingerprint density at radius 2 is 2.10 bits per heavy atom. The summed E-state index contributed by atoms with van der Waals surface area (Å²) in [6.07, 6.45) is 2.83. The smallest absolute Gasteiger partial charge is 0.355 e. The first kappa shape index (κ1) is 22.8. The van der Waals surface area contributed by atoms with Crippen LogP contribution < -0.4 is 10.6 Å². The predicted molar refractivity (Wildman–Crippen MR) is 119 cm³/mol. The number of aryl methyl sites for hydroxylation is 1. The van der Waals surface area contributed by atoms with Gasteiger partial charge in [-0.25, -0.2) is 9.18 Å². The summed E-state index contributed by atoms with van der Waals surface area (Å²) in [5.74, 6) is -1.62. The maximum Gasteiger partial charge on any atom is 0.355 e. The van der Waals surface area contributed by atoms with E-state index in [4.69, 9.17) is 26.1 Å². The van der Waals surface area contributed by atoms with Crippen molar-refractivity contribution in [1.29, 1.82) is 5.26 Å². The molecule has 3 aromatic rings. The Bertz CT molecular complexity index is 1290. The molecule has 3 rings (SSSR count). The Morgan fingerprint density at radius 1 is 1.35 bits per heavy atom. The van der Waals surface area contributed by atoms with Crippen LogP contribution in [0, 0.1) is 24.1 Å². The summed E-state index contributed by atoms with van der Waals surface area (Å²) in [4.78, 5) is 15.5. The van der Waals surface area contributed by atoms with Crippen LogP contribution in [-0.4, -0.2) is 24.7 Å². The van der Waals surface area contributed by atoms with Crippen molar-refractivity contribution < 1.29 is 23.0 Å². The number of aromatic amines is 1. The van der Waals surface area contributed by atoms with E-state index in [2.05, 4.69) is 4.98 Å². The molecule has 31 heavy (non-hydrogen) atoms. The van der Waals surface area contributed by atoms with Gasteiger partial charge < -0.3 is 14.2 Å². The standard InChI is InChI=1S/C22H19ClFN2O4P/c1-4-30-22(27)20-21(18-17(26-20)8-7-16(23)19(18)24)31(28,29-3)15-11-13(2)10-14(12-15)6-5-9-25/h5-8,10-12,26H,4H2,1-3H3/b6-5+. The van der Waals surface area contributed by atoms with Crippen LogP contribution in [0.5, 0.6) is 0 Å². The maximum atomic E-state index is 15.1. The van der Waals surface area contributed by atoms with Gasteiger partial charge in [0.05, 0.1) is 28.4 Å². The lowest BCUT2D eigenvalue weighted by Crippen LogP contribution is -2.24. The van der Waals surface area contributed by atoms with E-state index in [0.717, 1.165) is 5.56 Å². The van der Waals surface area contributed by atoms with Crippen molar-refractivity contribution in [3.8, 4) is 6.07 Å². The number of carbonyl (C=O) groups excluding carboxylic acids is 1. The lowest BCUT2D eigenvalue weighted by atomic mass is 10.1. The summed E-state index contributed by atoms with van der Waals surface area (Å²) in [5.41, 5.74) is 1.40. The molecule has 6 nitrogen and oxygen atoms in total. The number of esters is 1. The molecule has 1 heterocycles. The topological polar surface area (TPSA) is 92.2 Å². The number of fused-ring (bicyclic) bond motifs is 1. The Balaban J connectivity index is 2.40. The van der Waals surface area contributed by atoms with E-state index in [1.54, 1.807) is 38.1 Å². The second kappa shape index (κ2) is 9.07. The largest absolute Gasteiger partial charge is 0.461 e. The van der Waals surface area contributed by atoms with E-state index in [-0.39, 0.29) is 38.8 Å². The van der Waals surface area contributed by atoms with Crippen LogP contribution in [0.1, 0.15) is 28.5 Å². The van der Waals surface area contributed by atoms with Gasteiger partial charge in [0.1, 0.15) is 5.69 Å². The second-order valence-electron chi connectivity index (χ2n) is 6.65. The normalized spacial score (nSPS) is 13.3. The van der Waals surface area contributed by atoms with Gasteiger partial charge in [-0.05, 0) is 55.3 Å². The molecule has 0 fully saturated rings. The Kier molecular flexibility index (Phi) is 6.66. The van der Waals surface area contributed by atoms with Gasteiger partial charge in [0.2, 0.25) is 0 Å². The third kappa shape index (κ3) is 4.15. The molecule has 1 N–H and O–H groups in total. The van der Waals surface area contributed by atoms with Crippen LogP contribution >= 0.6 is 19.0 Å². The van der Waals surface area contributed by atoms with Gasteiger partial charge in [0, 0.05) is 24.0 Å². The number of nitrogens with one attached hydrogen (secondary N) is 1. The van der Waals surface area contributed by atoms with Crippen LogP contribution in [0.15, 0.2) is 36.4 Å². The number of halogens is 2. The van der Waals surface area contributed by atoms with Crippen LogP contribution in [0.2, 0.25) is 5.02 Å². The number of hydrogen-bond donors (Lipinski definition) is 1. The number of nitriles is 1. The van der Waals surface area contributed by atoms with Crippen LogP contribution in [0.4, 0.5) is 4.39 Å². The van der Waals surface area contributed by atoms with Crippen molar-refractivity contribution in [2.75, 3.05) is 13.7 Å². The molecule has 0 saturated heterocycles. The average Bonchev–Trinajstić information content (AvgIpc) is 3.15. The number of H-pyrrole nitrogens is 1. The zero-order chi connectivity index (χ0) is 22.8. The number of ether oxygens (including phenoxy) is 1. The molecule has 0 aliphatic rings. The Morgan fingerprint density at radius 3 is 2.74 bits per heavy atom. The van der Waals surface area contributed by atoms with Crippen LogP contribution in [-0.2, 0) is 13.8 Å². The first-order valence-electron chi connectivity index (χ1n) is 9.28. The summed E-state index contributed by atoms with van der Waals surface area (Å²) in [5, 5.41) is 8.62. The molecule has 160 valence electrons. The minimum atomic E-state index is -4.00. The molecule has 0 bridgehead atoms. The van der Waals surface area contributed by atoms with Crippen molar-refractivity contribution in [1.82, 2.24) is 4.98 Å². The minimum absolute atomic E-state index is 0.0711. The predicted octanol–water partition coefficient (Wildman–Crippen LogP) is 4.86. The molecule has 1 aromatic heterocycles. The molecule has 0 aliphatic carbocycles. The van der Waals surface area contributed by atoms with Crippen molar-refractivity contribution in [3.05, 3.63) is 64.1 Å². The van der Waals surface area contributed by atoms with E-state index in [9.17, 15) is 9.36 Å². The fourth-order valence-corrected chi connectivity index (χ4v) is 5.82. The van der Waals surface area contributed by atoms with Crippen molar-refractivity contribution in [2.45, 2.75) is 13.8 Å². The zero-order valence-corrected chi connectivity index (χ0v) is 18.7. The van der Waals surface area contributed by atoms with Crippen molar-refractivity contribution in [2.24, 2.45) is 0 Å². The fraction of sp³-hybridized carbons (Fsp3) is 0.182. The summed E-state index contributed by atoms with van der Waals surface area (Å²) < 4.78 is 40.0. The van der Waals surface area contributed by atoms with Crippen molar-refractivity contribution in [3.63, 3.8) is 0 Å². The summed E-state index contributed by atoms with van der Waals surface area (Å²) in [7, 11) is -2.77. The van der Waals surface area contributed by atoms with Crippen molar-refractivity contribution >= 4 is 52.5 Å². The van der Waals surface area contributed by atoms with Gasteiger partial charge in [-0.3, -0.25) is 4.57 Å². The van der Waals surface area contributed by atoms with Gasteiger partial charge in [0.15, 0.2) is 5.82 Å². The van der Waals surface area contributed by atoms with E-state index in [1.807, 2.05) is 6.07 Å². The number of nitrogens with zero attached hydrogens (tertiary/aromatic N) is 1. The number of rotatable bonds is 6. The quantitative estimate of drug-likeness (QED) is 0.322. The van der Waals surface area contributed by atoms with Gasteiger partial charge >= 0.3 is 5.97 Å². The molecular weight excluding hydrogens is 442 g/mol. The highest BCUT2D eigenvalue weighted by molar-refractivity contribution is 7.75. The number of carbonyl (C=O) groups is 1. The molecule has 0 amide bonds. The molecule has 9 heteroatoms. The SMILES string of the molecule is CCOC(=O)c1[nH]c2ccc(Cl)c(F)c2c1P(=O)(OC)c1cc(C)cc(/C=C/C#N)c1.